The first-order chi connectivity index (χ1) is 9.24. The van der Waals surface area contributed by atoms with Gasteiger partial charge in [0.05, 0.1) is 11.9 Å². The van der Waals surface area contributed by atoms with E-state index in [1.165, 1.54) is 11.8 Å². The van der Waals surface area contributed by atoms with E-state index in [4.69, 9.17) is 5.73 Å². The quantitative estimate of drug-likeness (QED) is 0.882. The maximum atomic E-state index is 12.1. The molecule has 1 saturated carbocycles. The maximum absolute atomic E-state index is 12.1. The predicted molar refractivity (Wildman–Crippen MR) is 74.6 cm³/mol. The Morgan fingerprint density at radius 3 is 2.68 bits per heavy atom. The number of nitrogens with zero attached hydrogens (tertiary/aromatic N) is 1. The summed E-state index contributed by atoms with van der Waals surface area (Å²) in [5.74, 6) is 0.987. The van der Waals surface area contributed by atoms with Crippen LogP contribution in [0.15, 0.2) is 48.7 Å². The SMILES string of the molecule is Nc1ccc(NC(=O)C2CC2c2ccccc2)nc1. The van der Waals surface area contributed by atoms with E-state index in [0.717, 1.165) is 6.42 Å². The number of rotatable bonds is 3. The second-order valence-corrected chi connectivity index (χ2v) is 4.83. The van der Waals surface area contributed by atoms with Crippen molar-refractivity contribution in [2.45, 2.75) is 12.3 Å². The van der Waals surface area contributed by atoms with E-state index < -0.39 is 0 Å². The highest BCUT2D eigenvalue weighted by Crippen LogP contribution is 2.47. The fourth-order valence-corrected chi connectivity index (χ4v) is 2.25. The van der Waals surface area contributed by atoms with Crippen LogP contribution in [-0.2, 0) is 4.79 Å². The van der Waals surface area contributed by atoms with E-state index >= 15 is 0 Å². The smallest absolute Gasteiger partial charge is 0.229 e. The van der Waals surface area contributed by atoms with Crippen molar-refractivity contribution in [3.63, 3.8) is 0 Å². The molecule has 3 rings (SSSR count). The molecule has 19 heavy (non-hydrogen) atoms. The highest BCUT2D eigenvalue weighted by molar-refractivity contribution is 5.94. The van der Waals surface area contributed by atoms with Crippen LogP contribution in [0.25, 0.3) is 0 Å². The number of nitrogens with one attached hydrogen (secondary N) is 1. The number of nitrogen functional groups attached to an aromatic ring is 1. The Hall–Kier alpha value is -2.36. The van der Waals surface area contributed by atoms with Crippen LogP contribution in [0.1, 0.15) is 17.9 Å². The number of benzene rings is 1. The van der Waals surface area contributed by atoms with E-state index in [2.05, 4.69) is 22.4 Å². The van der Waals surface area contributed by atoms with Crippen molar-refractivity contribution >= 4 is 17.4 Å². The number of carbonyl (C=O) groups is 1. The van der Waals surface area contributed by atoms with Crippen molar-refractivity contribution in [1.29, 1.82) is 0 Å². The van der Waals surface area contributed by atoms with Gasteiger partial charge in [0.2, 0.25) is 5.91 Å². The zero-order chi connectivity index (χ0) is 13.2. The van der Waals surface area contributed by atoms with Crippen LogP contribution in [0.2, 0.25) is 0 Å². The summed E-state index contributed by atoms with van der Waals surface area (Å²) >= 11 is 0. The van der Waals surface area contributed by atoms with Crippen molar-refractivity contribution in [2.75, 3.05) is 11.1 Å². The number of carbonyl (C=O) groups excluding carboxylic acids is 1. The molecule has 0 spiro atoms. The van der Waals surface area contributed by atoms with Gasteiger partial charge in [-0.2, -0.15) is 0 Å². The first kappa shape index (κ1) is 11.7. The fourth-order valence-electron chi connectivity index (χ4n) is 2.25. The Morgan fingerprint density at radius 2 is 2.00 bits per heavy atom. The van der Waals surface area contributed by atoms with Crippen LogP contribution >= 0.6 is 0 Å². The topological polar surface area (TPSA) is 68.0 Å². The number of amides is 1. The average molecular weight is 253 g/mol. The lowest BCUT2D eigenvalue weighted by molar-refractivity contribution is -0.117. The van der Waals surface area contributed by atoms with Crippen molar-refractivity contribution in [3.05, 3.63) is 54.2 Å². The zero-order valence-electron chi connectivity index (χ0n) is 10.4. The van der Waals surface area contributed by atoms with Gasteiger partial charge in [-0.25, -0.2) is 4.98 Å². The number of nitrogens with two attached hydrogens (primary N) is 1. The molecule has 1 aromatic carbocycles. The van der Waals surface area contributed by atoms with Gasteiger partial charge >= 0.3 is 0 Å². The molecule has 1 aliphatic rings. The number of aromatic nitrogens is 1. The van der Waals surface area contributed by atoms with Crippen LogP contribution in [0.3, 0.4) is 0 Å². The summed E-state index contributed by atoms with van der Waals surface area (Å²) in [6, 6.07) is 13.6. The van der Waals surface area contributed by atoms with Gasteiger partial charge in [0.25, 0.3) is 0 Å². The van der Waals surface area contributed by atoms with Gasteiger partial charge in [-0.05, 0) is 30.0 Å². The summed E-state index contributed by atoms with van der Waals surface area (Å²) in [5.41, 5.74) is 7.37. The van der Waals surface area contributed by atoms with E-state index in [0.29, 0.717) is 17.4 Å². The van der Waals surface area contributed by atoms with Gasteiger partial charge < -0.3 is 11.1 Å². The standard InChI is InChI=1S/C15H15N3O/c16-11-6-7-14(17-9-11)18-15(19)13-8-12(13)10-4-2-1-3-5-10/h1-7,9,12-13H,8,16H2,(H,17,18,19). The number of hydrogen-bond donors (Lipinski definition) is 2. The minimum Gasteiger partial charge on any atom is -0.397 e. The monoisotopic (exact) mass is 253 g/mol. The third kappa shape index (κ3) is 2.57. The maximum Gasteiger partial charge on any atom is 0.229 e. The number of anilines is 2. The molecular formula is C15H15N3O. The predicted octanol–water partition coefficient (Wildman–Crippen LogP) is 2.41. The highest BCUT2D eigenvalue weighted by atomic mass is 16.2. The molecule has 2 aromatic rings. The van der Waals surface area contributed by atoms with Gasteiger partial charge in [0.1, 0.15) is 5.82 Å². The molecule has 3 N–H and O–H groups in total. The number of pyridine rings is 1. The molecule has 2 unspecified atom stereocenters. The molecule has 2 atom stereocenters. The molecule has 0 radical (unpaired) electrons. The molecule has 4 heteroatoms. The molecule has 0 saturated heterocycles. The Kier molecular flexibility index (Phi) is 2.91. The minimum atomic E-state index is 0.0334. The summed E-state index contributed by atoms with van der Waals surface area (Å²) in [6.45, 7) is 0. The van der Waals surface area contributed by atoms with Gasteiger partial charge in [0, 0.05) is 5.92 Å². The van der Waals surface area contributed by atoms with Crippen molar-refractivity contribution in [2.24, 2.45) is 5.92 Å². The summed E-state index contributed by atoms with van der Waals surface area (Å²) in [4.78, 5) is 16.1. The molecule has 4 nitrogen and oxygen atoms in total. The summed E-state index contributed by atoms with van der Waals surface area (Å²) in [6.07, 6.45) is 2.45. The molecule has 1 fully saturated rings. The Morgan fingerprint density at radius 1 is 1.21 bits per heavy atom. The van der Waals surface area contributed by atoms with Crippen molar-refractivity contribution in [1.82, 2.24) is 4.98 Å². The van der Waals surface area contributed by atoms with Crippen LogP contribution in [-0.4, -0.2) is 10.9 Å². The van der Waals surface area contributed by atoms with Crippen molar-refractivity contribution in [3.8, 4) is 0 Å². The van der Waals surface area contributed by atoms with E-state index in [1.54, 1.807) is 12.1 Å². The van der Waals surface area contributed by atoms with E-state index in [1.807, 2.05) is 18.2 Å². The molecule has 0 aliphatic heterocycles. The lowest BCUT2D eigenvalue weighted by Crippen LogP contribution is -2.15. The third-order valence-corrected chi connectivity index (χ3v) is 3.39. The summed E-state index contributed by atoms with van der Waals surface area (Å²) < 4.78 is 0. The first-order valence-electron chi connectivity index (χ1n) is 6.31. The Balaban J connectivity index is 1.63. The Bertz CT molecular complexity index is 580. The van der Waals surface area contributed by atoms with Gasteiger partial charge in [-0.15, -0.1) is 0 Å². The highest BCUT2D eigenvalue weighted by Gasteiger charge is 2.43. The van der Waals surface area contributed by atoms with Crippen LogP contribution < -0.4 is 11.1 Å². The normalized spacial score (nSPS) is 20.8. The molecule has 1 heterocycles. The molecule has 1 aromatic heterocycles. The van der Waals surface area contributed by atoms with Crippen molar-refractivity contribution < 1.29 is 4.79 Å². The van der Waals surface area contributed by atoms with Gasteiger partial charge in [-0.3, -0.25) is 4.79 Å². The second-order valence-electron chi connectivity index (χ2n) is 4.83. The zero-order valence-corrected chi connectivity index (χ0v) is 10.4. The summed E-state index contributed by atoms with van der Waals surface area (Å²) in [7, 11) is 0. The summed E-state index contributed by atoms with van der Waals surface area (Å²) in [5, 5.41) is 2.83. The third-order valence-electron chi connectivity index (χ3n) is 3.39. The van der Waals surface area contributed by atoms with E-state index in [9.17, 15) is 4.79 Å². The van der Waals surface area contributed by atoms with Gasteiger partial charge in [-0.1, -0.05) is 30.3 Å². The molecule has 0 bridgehead atoms. The fraction of sp³-hybridized carbons (Fsp3) is 0.200. The molecule has 1 aliphatic carbocycles. The average Bonchev–Trinajstić information content (AvgIpc) is 3.23. The minimum absolute atomic E-state index is 0.0334. The van der Waals surface area contributed by atoms with Crippen LogP contribution in [0, 0.1) is 5.92 Å². The van der Waals surface area contributed by atoms with E-state index in [-0.39, 0.29) is 11.8 Å². The largest absolute Gasteiger partial charge is 0.397 e. The molecular weight excluding hydrogens is 238 g/mol. The van der Waals surface area contributed by atoms with Gasteiger partial charge in [0.15, 0.2) is 0 Å². The number of hydrogen-bond acceptors (Lipinski definition) is 3. The lowest BCUT2D eigenvalue weighted by atomic mass is 10.1. The lowest BCUT2D eigenvalue weighted by Gasteiger charge is -2.04. The second kappa shape index (κ2) is 4.72. The van der Waals surface area contributed by atoms with Crippen LogP contribution in [0.4, 0.5) is 11.5 Å². The van der Waals surface area contributed by atoms with Crippen LogP contribution in [0.5, 0.6) is 0 Å². The molecule has 1 amide bonds. The Labute approximate surface area is 111 Å². The molecule has 96 valence electrons. The first-order valence-corrected chi connectivity index (χ1v) is 6.31.